The number of carbonyl (C=O) groups is 2. The molecule has 3 aromatic rings. The Morgan fingerprint density at radius 3 is 2.69 bits per heavy atom. The number of halogens is 1. The molecule has 0 bridgehead atoms. The molecule has 2 unspecified atom stereocenters. The zero-order valence-corrected chi connectivity index (χ0v) is 21.5. The van der Waals surface area contributed by atoms with Crippen molar-refractivity contribution in [1.82, 2.24) is 19.7 Å². The van der Waals surface area contributed by atoms with Crippen LogP contribution in [-0.4, -0.2) is 50.6 Å². The van der Waals surface area contributed by atoms with Gasteiger partial charge in [0.2, 0.25) is 5.91 Å². The number of hydrogen-bond donors (Lipinski definition) is 1. The van der Waals surface area contributed by atoms with E-state index in [2.05, 4.69) is 10.2 Å². The standard InChI is InChI=1S/C27H31ClN4O4/c1-17(2)26-29-30-27-23(16-24(35)31(3)13-7-4-8-14-33)36-25(19-9-5-6-10-22(19)34)20-15-18(28)11-12-21(20)32(26)27/h5-6,9-12,14-15,17,23,25,34H,4,7-8,13,16H2,1-3H3. The number of rotatable bonds is 9. The summed E-state index contributed by atoms with van der Waals surface area (Å²) in [6, 6.07) is 12.5. The number of benzene rings is 2. The Balaban J connectivity index is 1.77. The molecule has 0 aliphatic carbocycles. The fourth-order valence-corrected chi connectivity index (χ4v) is 4.66. The van der Waals surface area contributed by atoms with Crippen LogP contribution in [0.25, 0.3) is 5.69 Å². The van der Waals surface area contributed by atoms with Crippen molar-refractivity contribution in [1.29, 1.82) is 0 Å². The molecule has 4 rings (SSSR count). The van der Waals surface area contributed by atoms with Crippen LogP contribution in [0.5, 0.6) is 5.75 Å². The second-order valence-electron chi connectivity index (χ2n) is 9.36. The lowest BCUT2D eigenvalue weighted by atomic mass is 9.98. The average molecular weight is 511 g/mol. The highest BCUT2D eigenvalue weighted by Gasteiger charge is 2.36. The maximum absolute atomic E-state index is 13.2. The van der Waals surface area contributed by atoms with Crippen LogP contribution in [-0.2, 0) is 14.3 Å². The van der Waals surface area contributed by atoms with Crippen molar-refractivity contribution in [2.45, 2.75) is 57.7 Å². The zero-order chi connectivity index (χ0) is 25.8. The van der Waals surface area contributed by atoms with Crippen LogP contribution < -0.4 is 0 Å². The zero-order valence-electron chi connectivity index (χ0n) is 20.7. The Labute approximate surface area is 215 Å². The molecular formula is C27H31ClN4O4. The van der Waals surface area contributed by atoms with Crippen LogP contribution in [0.15, 0.2) is 42.5 Å². The SMILES string of the molecule is CC(C)c1nnc2n1-c1ccc(Cl)cc1C(c1ccccc1O)OC2CC(=O)N(C)CCCCC=O. The van der Waals surface area contributed by atoms with Gasteiger partial charge in [0.05, 0.1) is 12.1 Å². The molecule has 0 saturated carbocycles. The molecule has 1 amide bonds. The summed E-state index contributed by atoms with van der Waals surface area (Å²) in [7, 11) is 1.75. The maximum Gasteiger partial charge on any atom is 0.225 e. The highest BCUT2D eigenvalue weighted by Crippen LogP contribution is 2.44. The van der Waals surface area contributed by atoms with Gasteiger partial charge in [0, 0.05) is 42.1 Å². The largest absolute Gasteiger partial charge is 0.508 e. The van der Waals surface area contributed by atoms with Gasteiger partial charge in [0.15, 0.2) is 5.82 Å². The third-order valence-corrected chi connectivity index (χ3v) is 6.64. The number of aromatic hydroxyl groups is 1. The number of ether oxygens (including phenoxy) is 1. The van der Waals surface area contributed by atoms with Crippen LogP contribution in [0.2, 0.25) is 5.02 Å². The molecule has 9 heteroatoms. The number of phenolic OH excluding ortho intramolecular Hbond substituents is 1. The summed E-state index contributed by atoms with van der Waals surface area (Å²) < 4.78 is 8.56. The monoisotopic (exact) mass is 510 g/mol. The van der Waals surface area contributed by atoms with E-state index in [1.54, 1.807) is 36.2 Å². The van der Waals surface area contributed by atoms with Gasteiger partial charge in [-0.25, -0.2) is 0 Å². The van der Waals surface area contributed by atoms with Gasteiger partial charge in [-0.2, -0.15) is 0 Å². The number of carbonyl (C=O) groups excluding carboxylic acids is 2. The molecule has 1 aromatic heterocycles. The van der Waals surface area contributed by atoms with E-state index in [4.69, 9.17) is 16.3 Å². The van der Waals surface area contributed by atoms with Gasteiger partial charge < -0.3 is 19.5 Å². The average Bonchev–Trinajstić information content (AvgIpc) is 3.25. The van der Waals surface area contributed by atoms with Gasteiger partial charge in [0.1, 0.15) is 30.1 Å². The second-order valence-corrected chi connectivity index (χ2v) is 9.79. The number of phenols is 1. The van der Waals surface area contributed by atoms with Gasteiger partial charge >= 0.3 is 0 Å². The van der Waals surface area contributed by atoms with Crippen molar-refractivity contribution in [2.24, 2.45) is 0 Å². The summed E-state index contributed by atoms with van der Waals surface area (Å²) >= 11 is 6.42. The predicted molar refractivity (Wildman–Crippen MR) is 136 cm³/mol. The van der Waals surface area contributed by atoms with Gasteiger partial charge in [-0.1, -0.05) is 43.6 Å². The summed E-state index contributed by atoms with van der Waals surface area (Å²) in [4.78, 5) is 25.5. The number of para-hydroxylation sites is 1. The topological polar surface area (TPSA) is 97.6 Å². The number of fused-ring (bicyclic) bond motifs is 3. The molecule has 0 radical (unpaired) electrons. The molecule has 1 N–H and O–H groups in total. The highest BCUT2D eigenvalue weighted by atomic mass is 35.5. The normalized spacial score (nSPS) is 16.8. The highest BCUT2D eigenvalue weighted by molar-refractivity contribution is 6.30. The minimum absolute atomic E-state index is 0.0478. The van der Waals surface area contributed by atoms with E-state index in [0.29, 0.717) is 29.4 Å². The quantitative estimate of drug-likeness (QED) is 0.316. The van der Waals surface area contributed by atoms with Crippen LogP contribution in [0, 0.1) is 0 Å². The number of unbranched alkanes of at least 4 members (excludes halogenated alkanes) is 2. The Bertz CT molecular complexity index is 1240. The second kappa shape index (κ2) is 11.2. The number of aldehydes is 1. The van der Waals surface area contributed by atoms with Crippen LogP contribution in [0.3, 0.4) is 0 Å². The predicted octanol–water partition coefficient (Wildman–Crippen LogP) is 5.13. The fourth-order valence-electron chi connectivity index (χ4n) is 4.48. The lowest BCUT2D eigenvalue weighted by Crippen LogP contribution is -2.30. The molecule has 36 heavy (non-hydrogen) atoms. The first kappa shape index (κ1) is 25.9. The summed E-state index contributed by atoms with van der Waals surface area (Å²) in [5, 5.41) is 20.2. The van der Waals surface area contributed by atoms with E-state index in [9.17, 15) is 14.7 Å². The summed E-state index contributed by atoms with van der Waals surface area (Å²) in [6.07, 6.45) is 1.50. The number of amides is 1. The lowest BCUT2D eigenvalue weighted by Gasteiger charge is -2.25. The minimum atomic E-state index is -0.717. The van der Waals surface area contributed by atoms with Crippen LogP contribution >= 0.6 is 11.6 Å². The molecule has 190 valence electrons. The Hall–Kier alpha value is -3.23. The maximum atomic E-state index is 13.2. The third-order valence-electron chi connectivity index (χ3n) is 6.40. The van der Waals surface area contributed by atoms with Crippen molar-refractivity contribution in [2.75, 3.05) is 13.6 Å². The smallest absolute Gasteiger partial charge is 0.225 e. The van der Waals surface area contributed by atoms with Gasteiger partial charge in [-0.15, -0.1) is 10.2 Å². The van der Waals surface area contributed by atoms with Crippen molar-refractivity contribution in [3.63, 3.8) is 0 Å². The molecular weight excluding hydrogens is 480 g/mol. The molecule has 0 saturated heterocycles. The fraction of sp³-hybridized carbons (Fsp3) is 0.407. The Morgan fingerprint density at radius 2 is 1.97 bits per heavy atom. The Morgan fingerprint density at radius 1 is 1.19 bits per heavy atom. The summed E-state index contributed by atoms with van der Waals surface area (Å²) in [5.74, 6) is 1.32. The molecule has 1 aliphatic heterocycles. The first-order chi connectivity index (χ1) is 17.3. The van der Waals surface area contributed by atoms with E-state index >= 15 is 0 Å². The molecule has 2 aromatic carbocycles. The number of nitrogens with zero attached hydrogens (tertiary/aromatic N) is 4. The lowest BCUT2D eigenvalue weighted by molar-refractivity contribution is -0.134. The first-order valence-electron chi connectivity index (χ1n) is 12.2. The first-order valence-corrected chi connectivity index (χ1v) is 12.6. The molecule has 0 fully saturated rings. The van der Waals surface area contributed by atoms with Crippen molar-refractivity contribution in [3.05, 3.63) is 70.3 Å². The molecule has 8 nitrogen and oxygen atoms in total. The number of aromatic nitrogens is 3. The van der Waals surface area contributed by atoms with Gasteiger partial charge in [-0.05, 0) is 37.1 Å². The van der Waals surface area contributed by atoms with Crippen molar-refractivity contribution >= 4 is 23.8 Å². The summed E-state index contributed by atoms with van der Waals surface area (Å²) in [5.41, 5.74) is 2.13. The summed E-state index contributed by atoms with van der Waals surface area (Å²) in [6.45, 7) is 4.61. The molecule has 2 heterocycles. The molecule has 1 aliphatic rings. The van der Waals surface area contributed by atoms with Crippen LogP contribution in [0.4, 0.5) is 0 Å². The van der Waals surface area contributed by atoms with Crippen molar-refractivity contribution in [3.8, 4) is 11.4 Å². The van der Waals surface area contributed by atoms with E-state index in [-0.39, 0.29) is 24.0 Å². The van der Waals surface area contributed by atoms with Gasteiger partial charge in [0.25, 0.3) is 0 Å². The Kier molecular flexibility index (Phi) is 8.06. The van der Waals surface area contributed by atoms with Crippen molar-refractivity contribution < 1.29 is 19.4 Å². The number of hydrogen-bond acceptors (Lipinski definition) is 6. The third kappa shape index (κ3) is 5.29. The van der Waals surface area contributed by atoms with Crippen LogP contribution in [0.1, 0.15) is 80.4 Å². The van der Waals surface area contributed by atoms with E-state index in [1.165, 1.54) is 0 Å². The van der Waals surface area contributed by atoms with E-state index in [0.717, 1.165) is 36.2 Å². The van der Waals surface area contributed by atoms with E-state index < -0.39 is 12.2 Å². The molecule has 0 spiro atoms. The minimum Gasteiger partial charge on any atom is -0.508 e. The molecule has 2 atom stereocenters. The van der Waals surface area contributed by atoms with Gasteiger partial charge in [-0.3, -0.25) is 9.36 Å². The van der Waals surface area contributed by atoms with E-state index in [1.807, 2.05) is 36.6 Å².